The summed E-state index contributed by atoms with van der Waals surface area (Å²) >= 11 is 0. The molecule has 0 fully saturated rings. The van der Waals surface area contributed by atoms with Gasteiger partial charge in [-0.15, -0.1) is 0 Å². The van der Waals surface area contributed by atoms with E-state index in [1.54, 1.807) is 12.1 Å². The van der Waals surface area contributed by atoms with Crippen LogP contribution in [0.5, 0.6) is 5.75 Å². The van der Waals surface area contributed by atoms with Gasteiger partial charge in [0.15, 0.2) is 0 Å². The lowest BCUT2D eigenvalue weighted by Gasteiger charge is -2.10. The second kappa shape index (κ2) is 9.05. The van der Waals surface area contributed by atoms with Gasteiger partial charge in [-0.1, -0.05) is 12.1 Å². The van der Waals surface area contributed by atoms with Crippen LogP contribution in [-0.4, -0.2) is 13.3 Å². The van der Waals surface area contributed by atoms with Gasteiger partial charge in [0.25, 0.3) is 5.69 Å². The fourth-order valence-corrected chi connectivity index (χ4v) is 4.07. The zero-order chi connectivity index (χ0) is 24.3. The predicted octanol–water partition coefficient (Wildman–Crippen LogP) is 3.95. The van der Waals surface area contributed by atoms with Crippen LogP contribution < -0.4 is 15.1 Å². The largest absolute Gasteiger partial charge is 0.423 e. The average Bonchev–Trinajstić information content (AvgIpc) is 2.82. The first-order chi connectivity index (χ1) is 16.2. The van der Waals surface area contributed by atoms with Gasteiger partial charge in [0.05, 0.1) is 22.2 Å². The molecule has 0 spiro atoms. The molecular weight excluding hydrogens is 462 g/mol. The molecule has 0 aliphatic rings. The predicted molar refractivity (Wildman–Crippen MR) is 122 cm³/mol. The maximum atomic E-state index is 12.4. The molecule has 0 radical (unpaired) electrons. The van der Waals surface area contributed by atoms with Crippen LogP contribution >= 0.6 is 0 Å². The minimum atomic E-state index is -4.07. The normalized spacial score (nSPS) is 11.0. The molecule has 0 aliphatic heterocycles. The van der Waals surface area contributed by atoms with Gasteiger partial charge < -0.3 is 13.9 Å². The Kier molecular flexibility index (Phi) is 5.99. The number of nitro groups is 1. The highest BCUT2D eigenvalue weighted by Gasteiger charge is 2.17. The first kappa shape index (κ1) is 22.5. The van der Waals surface area contributed by atoms with Gasteiger partial charge >= 0.3 is 15.7 Å². The van der Waals surface area contributed by atoms with E-state index in [1.165, 1.54) is 60.7 Å². The SMILES string of the molecule is N#Cc1ccc(S(=O)(=O)Oc2ccc(CNc3cc(=O)oc4ccc([N+](=O)[O-])cc34)cc2)cc1. The highest BCUT2D eigenvalue weighted by atomic mass is 32.2. The van der Waals surface area contributed by atoms with Crippen LogP contribution in [0.4, 0.5) is 11.4 Å². The molecule has 0 aliphatic carbocycles. The molecule has 11 heteroatoms. The van der Waals surface area contributed by atoms with Crippen LogP contribution in [0.2, 0.25) is 0 Å². The zero-order valence-electron chi connectivity index (χ0n) is 17.3. The molecule has 3 aromatic carbocycles. The number of anilines is 1. The molecule has 0 amide bonds. The van der Waals surface area contributed by atoms with E-state index in [0.29, 0.717) is 16.6 Å². The first-order valence-electron chi connectivity index (χ1n) is 9.75. The van der Waals surface area contributed by atoms with Crippen molar-refractivity contribution in [3.63, 3.8) is 0 Å². The average molecular weight is 477 g/mol. The molecule has 1 aromatic heterocycles. The van der Waals surface area contributed by atoms with Crippen LogP contribution in [0.15, 0.2) is 86.9 Å². The number of nitrogens with one attached hydrogen (secondary N) is 1. The molecule has 1 heterocycles. The standard InChI is InChI=1S/C23H15N3O7S/c24-13-15-3-8-19(9-4-15)34(30,31)33-18-6-1-16(2-7-18)14-25-21-12-23(27)32-22-10-5-17(26(28)29)11-20(21)22/h1-12,25H,14H2. The maximum Gasteiger partial charge on any atom is 0.339 e. The Morgan fingerprint density at radius 3 is 2.38 bits per heavy atom. The van der Waals surface area contributed by atoms with Crippen molar-refractivity contribution in [3.05, 3.63) is 104 Å². The van der Waals surface area contributed by atoms with Gasteiger partial charge in [-0.25, -0.2) is 4.79 Å². The van der Waals surface area contributed by atoms with Crippen LogP contribution in [0.1, 0.15) is 11.1 Å². The van der Waals surface area contributed by atoms with Crippen LogP contribution in [0.25, 0.3) is 11.0 Å². The summed E-state index contributed by atoms with van der Waals surface area (Å²) in [6.45, 7) is 0.240. The van der Waals surface area contributed by atoms with E-state index < -0.39 is 20.7 Å². The van der Waals surface area contributed by atoms with Crippen LogP contribution in [0.3, 0.4) is 0 Å². The number of fused-ring (bicyclic) bond motifs is 1. The number of rotatable bonds is 7. The molecule has 10 nitrogen and oxygen atoms in total. The van der Waals surface area contributed by atoms with Crippen molar-refractivity contribution in [1.82, 2.24) is 0 Å². The molecule has 170 valence electrons. The van der Waals surface area contributed by atoms with Crippen molar-refractivity contribution in [2.24, 2.45) is 0 Å². The molecule has 0 bridgehead atoms. The van der Waals surface area contributed by atoms with Crippen molar-refractivity contribution < 1.29 is 21.9 Å². The second-order valence-electron chi connectivity index (χ2n) is 7.09. The van der Waals surface area contributed by atoms with Crippen LogP contribution in [0, 0.1) is 21.4 Å². The van der Waals surface area contributed by atoms with Crippen molar-refractivity contribution in [3.8, 4) is 11.8 Å². The number of hydrogen-bond donors (Lipinski definition) is 1. The molecule has 4 rings (SSSR count). The van der Waals surface area contributed by atoms with Gasteiger partial charge in [0.1, 0.15) is 16.2 Å². The van der Waals surface area contributed by atoms with Gasteiger partial charge in [0.2, 0.25) is 0 Å². The minimum Gasteiger partial charge on any atom is -0.423 e. The second-order valence-corrected chi connectivity index (χ2v) is 8.63. The molecular formula is C23H15N3O7S. The number of nitro benzene ring substituents is 1. The summed E-state index contributed by atoms with van der Waals surface area (Å²) in [5.74, 6) is 0.0922. The van der Waals surface area contributed by atoms with Gasteiger partial charge in [-0.2, -0.15) is 13.7 Å². The summed E-state index contributed by atoms with van der Waals surface area (Å²) in [6.07, 6.45) is 0. The summed E-state index contributed by atoms with van der Waals surface area (Å²) in [5, 5.41) is 23.3. The van der Waals surface area contributed by atoms with E-state index in [9.17, 15) is 23.3 Å². The fourth-order valence-electron chi connectivity index (χ4n) is 3.14. The van der Waals surface area contributed by atoms with E-state index in [2.05, 4.69) is 5.32 Å². The summed E-state index contributed by atoms with van der Waals surface area (Å²) in [6, 6.07) is 18.6. The lowest BCUT2D eigenvalue weighted by atomic mass is 10.1. The highest BCUT2D eigenvalue weighted by Crippen LogP contribution is 2.27. The van der Waals surface area contributed by atoms with E-state index in [0.717, 1.165) is 5.56 Å². The molecule has 0 unspecified atom stereocenters. The van der Waals surface area contributed by atoms with E-state index in [-0.39, 0.29) is 28.5 Å². The lowest BCUT2D eigenvalue weighted by molar-refractivity contribution is -0.384. The third-order valence-electron chi connectivity index (χ3n) is 4.82. The van der Waals surface area contributed by atoms with Crippen molar-refractivity contribution in [2.45, 2.75) is 11.4 Å². The quantitative estimate of drug-likeness (QED) is 0.180. The first-order valence-corrected chi connectivity index (χ1v) is 11.2. The Labute approximate surface area is 192 Å². The number of hydrogen-bond acceptors (Lipinski definition) is 9. The molecule has 34 heavy (non-hydrogen) atoms. The Bertz CT molecular complexity index is 1590. The highest BCUT2D eigenvalue weighted by molar-refractivity contribution is 7.87. The van der Waals surface area contributed by atoms with Crippen molar-refractivity contribution in [2.75, 3.05) is 5.32 Å². The summed E-state index contributed by atoms with van der Waals surface area (Å²) < 4.78 is 35.1. The maximum absolute atomic E-state index is 12.4. The molecule has 4 aromatic rings. The molecule has 0 saturated carbocycles. The molecule has 1 N–H and O–H groups in total. The van der Waals surface area contributed by atoms with Gasteiger partial charge in [0, 0.05) is 30.1 Å². The van der Waals surface area contributed by atoms with E-state index in [1.807, 2.05) is 6.07 Å². The Morgan fingerprint density at radius 1 is 1.03 bits per heavy atom. The Hall–Kier alpha value is -4.69. The van der Waals surface area contributed by atoms with Crippen molar-refractivity contribution >= 4 is 32.5 Å². The van der Waals surface area contributed by atoms with Gasteiger partial charge in [-0.05, 0) is 48.0 Å². The molecule has 0 atom stereocenters. The fraction of sp³-hybridized carbons (Fsp3) is 0.0435. The third kappa shape index (κ3) is 4.87. The van der Waals surface area contributed by atoms with Crippen LogP contribution in [-0.2, 0) is 16.7 Å². The topological polar surface area (TPSA) is 153 Å². The molecule has 0 saturated heterocycles. The zero-order valence-corrected chi connectivity index (χ0v) is 18.1. The summed E-state index contributed by atoms with van der Waals surface area (Å²) in [4.78, 5) is 22.3. The van der Waals surface area contributed by atoms with E-state index in [4.69, 9.17) is 13.9 Å². The smallest absolute Gasteiger partial charge is 0.339 e. The summed E-state index contributed by atoms with van der Waals surface area (Å²) in [7, 11) is -4.07. The van der Waals surface area contributed by atoms with E-state index >= 15 is 0 Å². The number of nitriles is 1. The number of nitrogens with zero attached hydrogens (tertiary/aromatic N) is 2. The summed E-state index contributed by atoms with van der Waals surface area (Å²) in [5.41, 5.74) is 0.871. The minimum absolute atomic E-state index is 0.0823. The third-order valence-corrected chi connectivity index (χ3v) is 6.08. The van der Waals surface area contributed by atoms with Gasteiger partial charge in [-0.3, -0.25) is 10.1 Å². The lowest BCUT2D eigenvalue weighted by Crippen LogP contribution is -2.10. The number of benzene rings is 3. The Morgan fingerprint density at radius 2 is 1.74 bits per heavy atom. The number of non-ortho nitro benzene ring substituents is 1. The monoisotopic (exact) mass is 477 g/mol. The van der Waals surface area contributed by atoms with Crippen molar-refractivity contribution in [1.29, 1.82) is 5.26 Å². The Balaban J connectivity index is 1.50.